The SMILES string of the molecule is CC1(C)CN(C(=O)Cc2cccs2)CCCN1. The fourth-order valence-corrected chi connectivity index (χ4v) is 2.89. The van der Waals surface area contributed by atoms with Crippen molar-refractivity contribution in [2.24, 2.45) is 0 Å². The Morgan fingerprint density at radius 1 is 1.59 bits per heavy atom. The summed E-state index contributed by atoms with van der Waals surface area (Å²) in [6.45, 7) is 6.99. The van der Waals surface area contributed by atoms with E-state index in [0.717, 1.165) is 30.9 Å². The van der Waals surface area contributed by atoms with Gasteiger partial charge in [0, 0.05) is 23.5 Å². The molecule has 1 aromatic heterocycles. The summed E-state index contributed by atoms with van der Waals surface area (Å²) in [4.78, 5) is 15.4. The van der Waals surface area contributed by atoms with Crippen LogP contribution in [0.15, 0.2) is 17.5 Å². The molecule has 0 atom stereocenters. The molecule has 2 heterocycles. The molecule has 1 saturated heterocycles. The lowest BCUT2D eigenvalue weighted by atomic mass is 10.1. The Kier molecular flexibility index (Phi) is 3.84. The lowest BCUT2D eigenvalue weighted by Gasteiger charge is -2.30. The third-order valence-corrected chi connectivity index (χ3v) is 3.93. The van der Waals surface area contributed by atoms with Crippen LogP contribution in [0.2, 0.25) is 0 Å². The minimum atomic E-state index is 0.0294. The second kappa shape index (κ2) is 5.19. The first-order valence-electron chi connectivity index (χ1n) is 6.12. The predicted octanol–water partition coefficient (Wildman–Crippen LogP) is 1.89. The molecule has 3 nitrogen and oxygen atoms in total. The first kappa shape index (κ1) is 12.6. The zero-order valence-corrected chi connectivity index (χ0v) is 11.3. The fourth-order valence-electron chi connectivity index (χ4n) is 2.20. The molecule has 1 aliphatic rings. The summed E-state index contributed by atoms with van der Waals surface area (Å²) in [6.07, 6.45) is 1.59. The smallest absolute Gasteiger partial charge is 0.227 e. The van der Waals surface area contributed by atoms with E-state index in [1.165, 1.54) is 0 Å². The van der Waals surface area contributed by atoms with Crippen LogP contribution >= 0.6 is 11.3 Å². The van der Waals surface area contributed by atoms with Crippen molar-refractivity contribution in [3.63, 3.8) is 0 Å². The third kappa shape index (κ3) is 3.54. The number of nitrogens with zero attached hydrogens (tertiary/aromatic N) is 1. The van der Waals surface area contributed by atoms with E-state index in [9.17, 15) is 4.79 Å². The van der Waals surface area contributed by atoms with Crippen LogP contribution in [0.3, 0.4) is 0 Å². The molecule has 2 rings (SSSR count). The average Bonchev–Trinajstić information content (AvgIpc) is 2.68. The zero-order valence-electron chi connectivity index (χ0n) is 10.5. The highest BCUT2D eigenvalue weighted by Gasteiger charge is 2.26. The molecule has 94 valence electrons. The van der Waals surface area contributed by atoms with Crippen molar-refractivity contribution in [2.45, 2.75) is 32.2 Å². The van der Waals surface area contributed by atoms with Gasteiger partial charge in [0.25, 0.3) is 0 Å². The molecule has 0 radical (unpaired) electrons. The Morgan fingerprint density at radius 2 is 2.41 bits per heavy atom. The number of thiophene rings is 1. The van der Waals surface area contributed by atoms with Crippen LogP contribution in [0.4, 0.5) is 0 Å². The second-order valence-corrected chi connectivity index (χ2v) is 6.27. The maximum absolute atomic E-state index is 12.2. The van der Waals surface area contributed by atoms with Crippen molar-refractivity contribution in [2.75, 3.05) is 19.6 Å². The Bertz CT molecular complexity index is 373. The minimum absolute atomic E-state index is 0.0294. The molecular weight excluding hydrogens is 232 g/mol. The lowest BCUT2D eigenvalue weighted by Crippen LogP contribution is -2.48. The first-order valence-corrected chi connectivity index (χ1v) is 7.00. The molecule has 0 spiro atoms. The predicted molar refractivity (Wildman–Crippen MR) is 71.3 cm³/mol. The van der Waals surface area contributed by atoms with E-state index in [4.69, 9.17) is 0 Å². The summed E-state index contributed by atoms with van der Waals surface area (Å²) in [6, 6.07) is 4.03. The number of amides is 1. The number of carbonyl (C=O) groups excluding carboxylic acids is 1. The highest BCUT2D eigenvalue weighted by molar-refractivity contribution is 7.10. The van der Waals surface area contributed by atoms with Crippen molar-refractivity contribution in [1.82, 2.24) is 10.2 Å². The van der Waals surface area contributed by atoms with E-state index in [2.05, 4.69) is 19.2 Å². The van der Waals surface area contributed by atoms with Gasteiger partial charge in [-0.15, -0.1) is 11.3 Å². The molecule has 1 aromatic rings. The van der Waals surface area contributed by atoms with Gasteiger partial charge in [0.1, 0.15) is 0 Å². The molecule has 1 N–H and O–H groups in total. The van der Waals surface area contributed by atoms with E-state index in [0.29, 0.717) is 6.42 Å². The van der Waals surface area contributed by atoms with Crippen LogP contribution in [-0.4, -0.2) is 36.0 Å². The van der Waals surface area contributed by atoms with Crippen molar-refractivity contribution in [3.05, 3.63) is 22.4 Å². The van der Waals surface area contributed by atoms with Gasteiger partial charge in [-0.25, -0.2) is 0 Å². The van der Waals surface area contributed by atoms with Gasteiger partial charge in [-0.1, -0.05) is 6.07 Å². The van der Waals surface area contributed by atoms with E-state index in [1.807, 2.05) is 22.4 Å². The summed E-state index contributed by atoms with van der Waals surface area (Å²) in [5, 5.41) is 5.50. The molecule has 4 heteroatoms. The number of carbonyl (C=O) groups is 1. The molecule has 0 aliphatic carbocycles. The van der Waals surface area contributed by atoms with Gasteiger partial charge in [0.15, 0.2) is 0 Å². The quantitative estimate of drug-likeness (QED) is 0.872. The lowest BCUT2D eigenvalue weighted by molar-refractivity contribution is -0.131. The van der Waals surface area contributed by atoms with E-state index in [1.54, 1.807) is 11.3 Å². The molecule has 0 saturated carbocycles. The summed E-state index contributed by atoms with van der Waals surface area (Å²) in [7, 11) is 0. The Morgan fingerprint density at radius 3 is 3.12 bits per heavy atom. The van der Waals surface area contributed by atoms with Crippen molar-refractivity contribution in [3.8, 4) is 0 Å². The fraction of sp³-hybridized carbons (Fsp3) is 0.615. The topological polar surface area (TPSA) is 32.3 Å². The highest BCUT2D eigenvalue weighted by atomic mass is 32.1. The molecular formula is C13H20N2OS. The van der Waals surface area contributed by atoms with Gasteiger partial charge in [-0.05, 0) is 38.3 Å². The van der Waals surface area contributed by atoms with Crippen LogP contribution in [0.25, 0.3) is 0 Å². The van der Waals surface area contributed by atoms with E-state index in [-0.39, 0.29) is 11.4 Å². The molecule has 0 bridgehead atoms. The summed E-state index contributed by atoms with van der Waals surface area (Å²) < 4.78 is 0. The Balaban J connectivity index is 1.98. The second-order valence-electron chi connectivity index (χ2n) is 5.24. The molecule has 1 aliphatic heterocycles. The monoisotopic (exact) mass is 252 g/mol. The molecule has 17 heavy (non-hydrogen) atoms. The van der Waals surface area contributed by atoms with Crippen LogP contribution in [0.5, 0.6) is 0 Å². The standard InChI is InChI=1S/C13H20N2OS/c1-13(2)10-15(7-4-6-14-13)12(16)9-11-5-3-8-17-11/h3,5,8,14H,4,6-7,9-10H2,1-2H3. The van der Waals surface area contributed by atoms with Crippen LogP contribution in [0, 0.1) is 0 Å². The summed E-state index contributed by atoms with van der Waals surface area (Å²) >= 11 is 1.66. The number of hydrogen-bond donors (Lipinski definition) is 1. The third-order valence-electron chi connectivity index (χ3n) is 3.05. The van der Waals surface area contributed by atoms with Gasteiger partial charge >= 0.3 is 0 Å². The number of nitrogens with one attached hydrogen (secondary N) is 1. The highest BCUT2D eigenvalue weighted by Crippen LogP contribution is 2.14. The number of hydrogen-bond acceptors (Lipinski definition) is 3. The van der Waals surface area contributed by atoms with Gasteiger partial charge in [-0.2, -0.15) is 0 Å². The number of rotatable bonds is 2. The Labute approximate surface area is 107 Å². The maximum atomic E-state index is 12.2. The van der Waals surface area contributed by atoms with Gasteiger partial charge < -0.3 is 10.2 Å². The molecule has 0 aromatic carbocycles. The van der Waals surface area contributed by atoms with Gasteiger partial charge in [0.2, 0.25) is 5.91 Å². The van der Waals surface area contributed by atoms with Gasteiger partial charge in [-0.3, -0.25) is 4.79 Å². The first-order chi connectivity index (χ1) is 8.07. The van der Waals surface area contributed by atoms with Crippen LogP contribution in [0.1, 0.15) is 25.1 Å². The van der Waals surface area contributed by atoms with E-state index < -0.39 is 0 Å². The molecule has 1 amide bonds. The van der Waals surface area contributed by atoms with Crippen molar-refractivity contribution < 1.29 is 4.79 Å². The average molecular weight is 252 g/mol. The zero-order chi connectivity index (χ0) is 12.3. The normalized spacial score (nSPS) is 20.0. The minimum Gasteiger partial charge on any atom is -0.341 e. The molecule has 1 fully saturated rings. The van der Waals surface area contributed by atoms with Crippen LogP contribution < -0.4 is 5.32 Å². The van der Waals surface area contributed by atoms with Gasteiger partial charge in [0.05, 0.1) is 6.42 Å². The largest absolute Gasteiger partial charge is 0.341 e. The summed E-state index contributed by atoms with van der Waals surface area (Å²) in [5.74, 6) is 0.254. The summed E-state index contributed by atoms with van der Waals surface area (Å²) in [5.41, 5.74) is 0.0294. The van der Waals surface area contributed by atoms with E-state index >= 15 is 0 Å². The Hall–Kier alpha value is -0.870. The maximum Gasteiger partial charge on any atom is 0.227 e. The van der Waals surface area contributed by atoms with Crippen LogP contribution in [-0.2, 0) is 11.2 Å². The van der Waals surface area contributed by atoms with Crippen molar-refractivity contribution in [1.29, 1.82) is 0 Å². The van der Waals surface area contributed by atoms with Crippen molar-refractivity contribution >= 4 is 17.2 Å². The molecule has 0 unspecified atom stereocenters.